The van der Waals surface area contributed by atoms with Gasteiger partial charge in [-0.05, 0) is 46.5 Å². The Morgan fingerprint density at radius 3 is 1.77 bits per heavy atom. The van der Waals surface area contributed by atoms with Crippen molar-refractivity contribution in [3.05, 3.63) is 125 Å². The van der Waals surface area contributed by atoms with Gasteiger partial charge in [-0.2, -0.15) is 0 Å². The summed E-state index contributed by atoms with van der Waals surface area (Å²) in [5, 5.41) is 9.34. The van der Waals surface area contributed by atoms with Crippen molar-refractivity contribution in [2.45, 2.75) is 19.5 Å². The molecule has 7 heteroatoms. The number of carboxylic acid groups (broad SMARTS) is 1. The van der Waals surface area contributed by atoms with Crippen LogP contribution in [0.1, 0.15) is 38.3 Å². The molecule has 4 aromatic carbocycles. The zero-order valence-electron chi connectivity index (χ0n) is 22.6. The van der Waals surface area contributed by atoms with Crippen LogP contribution >= 0.6 is 0 Å². The third-order valence-corrected chi connectivity index (χ3v) is 6.63. The van der Waals surface area contributed by atoms with E-state index in [9.17, 15) is 19.5 Å². The van der Waals surface area contributed by atoms with Gasteiger partial charge in [0, 0.05) is 37.8 Å². The molecule has 4 rings (SSSR count). The monoisotopic (exact) mass is 536 g/mol. The van der Waals surface area contributed by atoms with Gasteiger partial charge in [-0.3, -0.25) is 14.4 Å². The van der Waals surface area contributed by atoms with E-state index in [0.717, 1.165) is 11.1 Å². The van der Waals surface area contributed by atoms with E-state index in [0.29, 0.717) is 34.5 Å². The van der Waals surface area contributed by atoms with Gasteiger partial charge < -0.3 is 19.6 Å². The zero-order chi connectivity index (χ0) is 28.5. The molecule has 0 fully saturated rings. The molecular formula is C33H32N2O5. The fraction of sp³-hybridized carbons (Fsp3) is 0.182. The molecule has 7 nitrogen and oxygen atoms in total. The number of hydrogen-bond donors (Lipinski definition) is 1. The Bertz CT molecular complexity index is 1470. The zero-order valence-corrected chi connectivity index (χ0v) is 22.6. The average molecular weight is 537 g/mol. The lowest BCUT2D eigenvalue weighted by Gasteiger charge is -2.24. The van der Waals surface area contributed by atoms with Crippen molar-refractivity contribution in [1.82, 2.24) is 9.80 Å². The van der Waals surface area contributed by atoms with Crippen LogP contribution in [-0.2, 0) is 17.9 Å². The first kappa shape index (κ1) is 28.1. The van der Waals surface area contributed by atoms with Crippen LogP contribution in [0.4, 0.5) is 0 Å². The highest BCUT2D eigenvalue weighted by Crippen LogP contribution is 2.30. The van der Waals surface area contributed by atoms with Crippen molar-refractivity contribution in [3.63, 3.8) is 0 Å². The fourth-order valence-corrected chi connectivity index (χ4v) is 4.55. The Labute approximate surface area is 234 Å². The standard InChI is InChI=1S/C33H32N2O5/c1-34(22-24-10-4-3-5-11-24)32(38)29-14-8-6-12-27(29)28-13-7-9-15-30(28)33(39)35(21-20-31(36)37)23-25-16-18-26(40-2)19-17-25/h3-19H,20-23H2,1-2H3,(H,36,37). The smallest absolute Gasteiger partial charge is 0.305 e. The van der Waals surface area contributed by atoms with Crippen LogP contribution in [0.3, 0.4) is 0 Å². The molecule has 0 saturated carbocycles. The predicted octanol–water partition coefficient (Wildman–Crippen LogP) is 5.75. The molecule has 0 aromatic heterocycles. The maximum absolute atomic E-state index is 13.9. The Hall–Kier alpha value is -4.91. The van der Waals surface area contributed by atoms with E-state index < -0.39 is 5.97 Å². The summed E-state index contributed by atoms with van der Waals surface area (Å²) in [4.78, 5) is 42.1. The van der Waals surface area contributed by atoms with Crippen molar-refractivity contribution in [2.75, 3.05) is 20.7 Å². The van der Waals surface area contributed by atoms with Crippen molar-refractivity contribution in [1.29, 1.82) is 0 Å². The summed E-state index contributed by atoms with van der Waals surface area (Å²) in [7, 11) is 3.34. The molecule has 0 aliphatic carbocycles. The van der Waals surface area contributed by atoms with Gasteiger partial charge in [-0.25, -0.2) is 0 Å². The second-order valence-corrected chi connectivity index (χ2v) is 9.46. The van der Waals surface area contributed by atoms with E-state index in [4.69, 9.17) is 4.74 Å². The molecule has 0 unspecified atom stereocenters. The second-order valence-electron chi connectivity index (χ2n) is 9.46. The van der Waals surface area contributed by atoms with Crippen LogP contribution in [-0.4, -0.2) is 53.4 Å². The van der Waals surface area contributed by atoms with Gasteiger partial charge in [0.1, 0.15) is 5.75 Å². The molecule has 204 valence electrons. The van der Waals surface area contributed by atoms with Crippen molar-refractivity contribution in [3.8, 4) is 16.9 Å². The van der Waals surface area contributed by atoms with Crippen molar-refractivity contribution < 1.29 is 24.2 Å². The van der Waals surface area contributed by atoms with Gasteiger partial charge in [0.15, 0.2) is 0 Å². The second kappa shape index (κ2) is 13.2. The lowest BCUT2D eigenvalue weighted by molar-refractivity contribution is -0.137. The van der Waals surface area contributed by atoms with Crippen molar-refractivity contribution in [2.24, 2.45) is 0 Å². The summed E-state index contributed by atoms with van der Waals surface area (Å²) in [6.45, 7) is 0.708. The van der Waals surface area contributed by atoms with Gasteiger partial charge in [-0.1, -0.05) is 78.9 Å². The molecule has 0 aliphatic rings. The molecule has 0 atom stereocenters. The number of nitrogens with zero attached hydrogens (tertiary/aromatic N) is 2. The minimum Gasteiger partial charge on any atom is -0.497 e. The predicted molar refractivity (Wildman–Crippen MR) is 154 cm³/mol. The SMILES string of the molecule is COc1ccc(CN(CCC(=O)O)C(=O)c2ccccc2-c2ccccc2C(=O)N(C)Cc2ccccc2)cc1. The van der Waals surface area contributed by atoms with E-state index in [1.54, 1.807) is 55.5 Å². The molecule has 0 bridgehead atoms. The van der Waals surface area contributed by atoms with Crippen LogP contribution in [0.5, 0.6) is 5.75 Å². The fourth-order valence-electron chi connectivity index (χ4n) is 4.55. The number of benzene rings is 4. The molecular weight excluding hydrogens is 504 g/mol. The van der Waals surface area contributed by atoms with E-state index in [-0.39, 0.29) is 31.3 Å². The van der Waals surface area contributed by atoms with Crippen LogP contribution in [0.25, 0.3) is 11.1 Å². The van der Waals surface area contributed by atoms with E-state index >= 15 is 0 Å². The Kier molecular flexibility index (Phi) is 9.31. The third kappa shape index (κ3) is 6.94. The number of ether oxygens (including phenoxy) is 1. The number of hydrogen-bond acceptors (Lipinski definition) is 4. The highest BCUT2D eigenvalue weighted by atomic mass is 16.5. The van der Waals surface area contributed by atoms with Gasteiger partial charge in [0.05, 0.1) is 13.5 Å². The molecule has 40 heavy (non-hydrogen) atoms. The summed E-state index contributed by atoms with van der Waals surface area (Å²) < 4.78 is 5.23. The average Bonchev–Trinajstić information content (AvgIpc) is 2.99. The van der Waals surface area contributed by atoms with Gasteiger partial charge in [-0.15, -0.1) is 0 Å². The first-order chi connectivity index (χ1) is 19.4. The number of aliphatic carboxylic acids is 1. The summed E-state index contributed by atoms with van der Waals surface area (Å²) in [5.74, 6) is -0.774. The number of carbonyl (C=O) groups is 3. The first-order valence-corrected chi connectivity index (χ1v) is 13.0. The number of rotatable bonds is 11. The summed E-state index contributed by atoms with van der Waals surface area (Å²) in [5.41, 5.74) is 3.98. The topological polar surface area (TPSA) is 87.1 Å². The van der Waals surface area contributed by atoms with Crippen LogP contribution < -0.4 is 4.74 Å². The molecule has 1 N–H and O–H groups in total. The van der Waals surface area contributed by atoms with E-state index in [1.165, 1.54) is 4.90 Å². The molecule has 2 amide bonds. The highest BCUT2D eigenvalue weighted by Gasteiger charge is 2.24. The molecule has 0 heterocycles. The van der Waals surface area contributed by atoms with Crippen molar-refractivity contribution >= 4 is 17.8 Å². The summed E-state index contributed by atoms with van der Waals surface area (Å²) >= 11 is 0. The van der Waals surface area contributed by atoms with E-state index in [1.807, 2.05) is 66.7 Å². The lowest BCUT2D eigenvalue weighted by atomic mass is 9.94. The van der Waals surface area contributed by atoms with Crippen LogP contribution in [0.2, 0.25) is 0 Å². The summed E-state index contributed by atoms with van der Waals surface area (Å²) in [6, 6.07) is 31.4. The van der Waals surface area contributed by atoms with Crippen LogP contribution in [0, 0.1) is 0 Å². The quantitative estimate of drug-likeness (QED) is 0.264. The number of amides is 2. The minimum absolute atomic E-state index is 0.0366. The van der Waals surface area contributed by atoms with Gasteiger partial charge in [0.25, 0.3) is 11.8 Å². The Morgan fingerprint density at radius 2 is 1.20 bits per heavy atom. The third-order valence-electron chi connectivity index (χ3n) is 6.63. The number of methoxy groups -OCH3 is 1. The number of carbonyl (C=O) groups excluding carboxylic acids is 2. The summed E-state index contributed by atoms with van der Waals surface area (Å²) in [6.07, 6.45) is -0.191. The molecule has 0 saturated heterocycles. The normalized spacial score (nSPS) is 10.6. The van der Waals surface area contributed by atoms with Gasteiger partial charge >= 0.3 is 5.97 Å². The molecule has 4 aromatic rings. The maximum atomic E-state index is 13.9. The first-order valence-electron chi connectivity index (χ1n) is 13.0. The number of carboxylic acids is 1. The lowest BCUT2D eigenvalue weighted by Crippen LogP contribution is -2.33. The van der Waals surface area contributed by atoms with Gasteiger partial charge in [0.2, 0.25) is 0 Å². The van der Waals surface area contributed by atoms with E-state index in [2.05, 4.69) is 0 Å². The molecule has 0 aliphatic heterocycles. The maximum Gasteiger partial charge on any atom is 0.305 e. The minimum atomic E-state index is -0.988. The Morgan fingerprint density at radius 1 is 0.675 bits per heavy atom. The van der Waals surface area contributed by atoms with Crippen LogP contribution in [0.15, 0.2) is 103 Å². The molecule has 0 spiro atoms. The highest BCUT2D eigenvalue weighted by molar-refractivity contribution is 6.06. The Balaban J connectivity index is 1.66. The largest absolute Gasteiger partial charge is 0.497 e. The molecule has 0 radical (unpaired) electrons.